The summed E-state index contributed by atoms with van der Waals surface area (Å²) in [6, 6.07) is 16.2. The summed E-state index contributed by atoms with van der Waals surface area (Å²) >= 11 is 0. The van der Waals surface area contributed by atoms with Crippen LogP contribution in [0.25, 0.3) is 0 Å². The Morgan fingerprint density at radius 1 is 1.00 bits per heavy atom. The van der Waals surface area contributed by atoms with Gasteiger partial charge in [-0.3, -0.25) is 4.79 Å². The Morgan fingerprint density at radius 2 is 1.68 bits per heavy atom. The summed E-state index contributed by atoms with van der Waals surface area (Å²) in [5, 5.41) is 12.0. The number of carboxylic acid groups (broad SMARTS) is 1. The number of ether oxygens (including phenoxy) is 1. The van der Waals surface area contributed by atoms with Crippen molar-refractivity contribution in [3.05, 3.63) is 88.5 Å². The molecule has 4 rings (SSSR count). The van der Waals surface area contributed by atoms with E-state index in [4.69, 9.17) is 4.74 Å². The molecule has 0 bridgehead atoms. The number of hydrogen-bond donors (Lipinski definition) is 3. The van der Waals surface area contributed by atoms with Gasteiger partial charge in [-0.05, 0) is 61.2 Å². The van der Waals surface area contributed by atoms with Crippen LogP contribution in [0.1, 0.15) is 37.4 Å². The van der Waals surface area contributed by atoms with Crippen molar-refractivity contribution < 1.29 is 27.9 Å². The second kappa shape index (κ2) is 9.28. The number of aryl methyl sites for hydroxylation is 1. The van der Waals surface area contributed by atoms with Gasteiger partial charge in [0.2, 0.25) is 10.0 Å². The second-order valence-electron chi connectivity index (χ2n) is 8.17. The molecule has 0 aliphatic heterocycles. The van der Waals surface area contributed by atoms with Crippen LogP contribution in [0.5, 0.6) is 5.75 Å². The summed E-state index contributed by atoms with van der Waals surface area (Å²) < 4.78 is 34.4. The highest BCUT2D eigenvalue weighted by atomic mass is 32.2. The van der Waals surface area contributed by atoms with Gasteiger partial charge in [0, 0.05) is 11.6 Å². The molecule has 0 spiro atoms. The number of rotatable bonds is 7. The molecule has 1 aliphatic rings. The standard InChI is InChI=1S/C25H24N2O6S/c1-15-7-9-21(20(11-15)25(29)30)26-24(28)18-8-10-22(33-2)23(14-18)34(31,32)27-19-12-16-5-3-4-6-17(16)13-19/h3-11,14,19,27H,12-13H2,1-2H3,(H,26,28)(H,29,30). The van der Waals surface area contributed by atoms with E-state index in [9.17, 15) is 23.1 Å². The predicted octanol–water partition coefficient (Wildman–Crippen LogP) is 3.40. The topological polar surface area (TPSA) is 122 Å². The highest BCUT2D eigenvalue weighted by Crippen LogP contribution is 2.28. The van der Waals surface area contributed by atoms with Crippen molar-refractivity contribution in [2.45, 2.75) is 30.7 Å². The van der Waals surface area contributed by atoms with Crippen LogP contribution < -0.4 is 14.8 Å². The van der Waals surface area contributed by atoms with Crippen molar-refractivity contribution in [1.82, 2.24) is 4.72 Å². The number of carboxylic acids is 1. The minimum Gasteiger partial charge on any atom is -0.495 e. The van der Waals surface area contributed by atoms with Gasteiger partial charge >= 0.3 is 5.97 Å². The lowest BCUT2D eigenvalue weighted by molar-refractivity contribution is 0.0698. The average Bonchev–Trinajstić information content (AvgIpc) is 3.21. The predicted molar refractivity (Wildman–Crippen MR) is 127 cm³/mol. The fourth-order valence-electron chi connectivity index (χ4n) is 4.09. The number of amides is 1. The van der Waals surface area contributed by atoms with Gasteiger partial charge in [-0.2, -0.15) is 0 Å². The number of benzene rings is 3. The van der Waals surface area contributed by atoms with Crippen molar-refractivity contribution in [1.29, 1.82) is 0 Å². The molecule has 1 aliphatic carbocycles. The largest absolute Gasteiger partial charge is 0.495 e. The van der Waals surface area contributed by atoms with Crippen LogP contribution in [0.2, 0.25) is 0 Å². The average molecular weight is 481 g/mol. The molecule has 0 radical (unpaired) electrons. The van der Waals surface area contributed by atoms with Gasteiger partial charge < -0.3 is 15.2 Å². The van der Waals surface area contributed by atoms with Gasteiger partial charge in [0.05, 0.1) is 18.4 Å². The van der Waals surface area contributed by atoms with Gasteiger partial charge in [0.25, 0.3) is 5.91 Å². The monoisotopic (exact) mass is 480 g/mol. The molecule has 3 N–H and O–H groups in total. The van der Waals surface area contributed by atoms with E-state index < -0.39 is 21.9 Å². The van der Waals surface area contributed by atoms with Gasteiger partial charge in [0.1, 0.15) is 10.6 Å². The van der Waals surface area contributed by atoms with Crippen LogP contribution in [0.15, 0.2) is 65.6 Å². The molecule has 34 heavy (non-hydrogen) atoms. The van der Waals surface area contributed by atoms with E-state index in [1.54, 1.807) is 13.0 Å². The van der Waals surface area contributed by atoms with Gasteiger partial charge in [-0.1, -0.05) is 35.9 Å². The molecule has 0 saturated heterocycles. The third-order valence-electron chi connectivity index (χ3n) is 5.74. The number of carbonyl (C=O) groups is 2. The van der Waals surface area contributed by atoms with Crippen LogP contribution >= 0.6 is 0 Å². The zero-order chi connectivity index (χ0) is 24.5. The molecule has 0 aromatic heterocycles. The number of carbonyl (C=O) groups excluding carboxylic acids is 1. The zero-order valence-corrected chi connectivity index (χ0v) is 19.5. The minimum absolute atomic E-state index is 0.0489. The smallest absolute Gasteiger partial charge is 0.337 e. The maximum atomic E-state index is 13.2. The summed E-state index contributed by atoms with van der Waals surface area (Å²) in [6.07, 6.45) is 1.15. The van der Waals surface area contributed by atoms with E-state index in [-0.39, 0.29) is 33.5 Å². The molecule has 0 unspecified atom stereocenters. The van der Waals surface area contributed by atoms with Crippen molar-refractivity contribution in [2.75, 3.05) is 12.4 Å². The van der Waals surface area contributed by atoms with E-state index in [2.05, 4.69) is 10.0 Å². The summed E-state index contributed by atoms with van der Waals surface area (Å²) in [6.45, 7) is 1.74. The fraction of sp³-hybridized carbons (Fsp3) is 0.200. The Balaban J connectivity index is 1.60. The highest BCUT2D eigenvalue weighted by Gasteiger charge is 2.29. The zero-order valence-electron chi connectivity index (χ0n) is 18.7. The van der Waals surface area contributed by atoms with Crippen LogP contribution in [-0.4, -0.2) is 38.6 Å². The number of hydrogen-bond acceptors (Lipinski definition) is 5. The van der Waals surface area contributed by atoms with E-state index in [1.807, 2.05) is 24.3 Å². The third-order valence-corrected chi connectivity index (χ3v) is 7.28. The molecular weight excluding hydrogens is 456 g/mol. The number of anilines is 1. The lowest BCUT2D eigenvalue weighted by atomic mass is 10.1. The van der Waals surface area contributed by atoms with E-state index in [1.165, 1.54) is 37.4 Å². The van der Waals surface area contributed by atoms with E-state index >= 15 is 0 Å². The number of aromatic carboxylic acids is 1. The van der Waals surface area contributed by atoms with Crippen molar-refractivity contribution in [3.63, 3.8) is 0 Å². The number of methoxy groups -OCH3 is 1. The first-order valence-electron chi connectivity index (χ1n) is 10.6. The van der Waals surface area contributed by atoms with Crippen LogP contribution in [0.3, 0.4) is 0 Å². The van der Waals surface area contributed by atoms with Crippen LogP contribution in [0, 0.1) is 6.92 Å². The third kappa shape index (κ3) is 4.80. The molecule has 0 saturated carbocycles. The Kier molecular flexibility index (Phi) is 6.41. The molecule has 3 aromatic carbocycles. The van der Waals surface area contributed by atoms with Gasteiger partial charge in [0.15, 0.2) is 0 Å². The van der Waals surface area contributed by atoms with Crippen molar-refractivity contribution >= 4 is 27.6 Å². The Bertz CT molecular complexity index is 1360. The summed E-state index contributed by atoms with van der Waals surface area (Å²) in [5.41, 5.74) is 3.04. The van der Waals surface area contributed by atoms with Crippen LogP contribution in [-0.2, 0) is 22.9 Å². The molecule has 3 aromatic rings. The first-order chi connectivity index (χ1) is 16.2. The quantitative estimate of drug-likeness (QED) is 0.477. The SMILES string of the molecule is COc1ccc(C(=O)Nc2ccc(C)cc2C(=O)O)cc1S(=O)(=O)NC1Cc2ccccc2C1. The molecule has 8 nitrogen and oxygen atoms in total. The Hall–Kier alpha value is -3.69. The summed E-state index contributed by atoms with van der Waals surface area (Å²) in [5.74, 6) is -1.72. The number of nitrogens with one attached hydrogen (secondary N) is 2. The Morgan fingerprint density at radius 3 is 2.29 bits per heavy atom. The number of sulfonamides is 1. The molecular formula is C25H24N2O6S. The van der Waals surface area contributed by atoms with E-state index in [0.717, 1.165) is 16.7 Å². The molecule has 0 heterocycles. The lowest BCUT2D eigenvalue weighted by Crippen LogP contribution is -2.35. The first-order valence-corrected chi connectivity index (χ1v) is 12.1. The maximum Gasteiger partial charge on any atom is 0.337 e. The summed E-state index contributed by atoms with van der Waals surface area (Å²) in [7, 11) is -2.66. The molecule has 0 fully saturated rings. The second-order valence-corrected chi connectivity index (χ2v) is 9.85. The van der Waals surface area contributed by atoms with Crippen LogP contribution in [0.4, 0.5) is 5.69 Å². The minimum atomic E-state index is -4.01. The number of fused-ring (bicyclic) bond motifs is 1. The Labute approximate surface area is 197 Å². The van der Waals surface area contributed by atoms with Gasteiger partial charge in [-0.15, -0.1) is 0 Å². The first kappa shape index (κ1) is 23.5. The lowest BCUT2D eigenvalue weighted by Gasteiger charge is -2.16. The maximum absolute atomic E-state index is 13.2. The molecule has 176 valence electrons. The molecule has 9 heteroatoms. The highest BCUT2D eigenvalue weighted by molar-refractivity contribution is 7.89. The van der Waals surface area contributed by atoms with Crippen molar-refractivity contribution in [3.8, 4) is 5.75 Å². The molecule has 1 amide bonds. The normalized spacial score (nSPS) is 13.4. The van der Waals surface area contributed by atoms with Crippen molar-refractivity contribution in [2.24, 2.45) is 0 Å². The molecule has 0 atom stereocenters. The summed E-state index contributed by atoms with van der Waals surface area (Å²) in [4.78, 5) is 24.3. The fourth-order valence-corrected chi connectivity index (χ4v) is 5.52. The van der Waals surface area contributed by atoms with Gasteiger partial charge in [-0.25, -0.2) is 17.9 Å². The van der Waals surface area contributed by atoms with E-state index in [0.29, 0.717) is 12.8 Å².